The molecule has 2 heterocycles. The first kappa shape index (κ1) is 11.0. The Kier molecular flexibility index (Phi) is 2.60. The van der Waals surface area contributed by atoms with Crippen LogP contribution in [0.15, 0.2) is 41.3 Å². The monoisotopic (exact) mass is 258 g/mol. The van der Waals surface area contributed by atoms with E-state index in [1.807, 2.05) is 30.3 Å². The van der Waals surface area contributed by atoms with Gasteiger partial charge in [0.1, 0.15) is 0 Å². The lowest BCUT2D eigenvalue weighted by Gasteiger charge is -2.04. The molecule has 18 heavy (non-hydrogen) atoms. The summed E-state index contributed by atoms with van der Waals surface area (Å²) in [6, 6.07) is 9.73. The van der Waals surface area contributed by atoms with Gasteiger partial charge < -0.3 is 5.11 Å². The van der Waals surface area contributed by atoms with Gasteiger partial charge in [-0.1, -0.05) is 29.5 Å². The zero-order valence-electron chi connectivity index (χ0n) is 9.38. The number of aromatic nitrogens is 2. The predicted octanol–water partition coefficient (Wildman–Crippen LogP) is 2.28. The maximum Gasteiger partial charge on any atom is 0.307 e. The van der Waals surface area contributed by atoms with Crippen molar-refractivity contribution >= 4 is 22.2 Å². The molecule has 0 atom stereocenters. The minimum Gasteiger partial charge on any atom is -0.494 e. The maximum absolute atomic E-state index is 11.2. The summed E-state index contributed by atoms with van der Waals surface area (Å²) in [6.45, 7) is 0. The molecule has 5 heteroatoms. The highest BCUT2D eigenvalue weighted by Gasteiger charge is 2.09. The second-order valence-corrected chi connectivity index (χ2v) is 5.02. The number of nitrogens with zero attached hydrogens (tertiary/aromatic N) is 1. The average Bonchev–Trinajstić information content (AvgIpc) is 2.68. The van der Waals surface area contributed by atoms with Gasteiger partial charge >= 0.3 is 4.87 Å². The number of benzene rings is 1. The second-order valence-electron chi connectivity index (χ2n) is 3.95. The molecular weight excluding hydrogens is 248 g/mol. The second kappa shape index (κ2) is 4.27. The number of fused-ring (bicyclic) bond motifs is 1. The summed E-state index contributed by atoms with van der Waals surface area (Å²) in [5.74, 6) is -0.0362. The molecule has 3 rings (SSSR count). The van der Waals surface area contributed by atoms with Gasteiger partial charge in [-0.15, -0.1) is 0 Å². The van der Waals surface area contributed by atoms with Gasteiger partial charge in [-0.05, 0) is 17.7 Å². The molecule has 0 fully saturated rings. The lowest BCUT2D eigenvalue weighted by molar-refractivity contribution is 0.451. The average molecular weight is 258 g/mol. The van der Waals surface area contributed by atoms with Crippen molar-refractivity contribution in [3.8, 4) is 5.88 Å². The van der Waals surface area contributed by atoms with Gasteiger partial charge in [-0.3, -0.25) is 14.8 Å². The summed E-state index contributed by atoms with van der Waals surface area (Å²) < 4.78 is 0. The number of rotatable bonds is 2. The molecule has 1 aromatic carbocycles. The molecule has 0 unspecified atom stereocenters. The summed E-state index contributed by atoms with van der Waals surface area (Å²) >= 11 is 1.04. The molecule has 90 valence electrons. The number of aromatic hydroxyl groups is 1. The molecular formula is C13H10N2O2S. The zero-order valence-corrected chi connectivity index (χ0v) is 10.2. The number of hydrogen-bond donors (Lipinski definition) is 2. The van der Waals surface area contributed by atoms with E-state index >= 15 is 0 Å². The molecule has 0 spiro atoms. The first-order valence-corrected chi connectivity index (χ1v) is 6.29. The van der Waals surface area contributed by atoms with Crippen molar-refractivity contribution in [2.24, 2.45) is 0 Å². The first-order chi connectivity index (χ1) is 8.74. The fourth-order valence-electron chi connectivity index (χ4n) is 1.95. The molecule has 0 radical (unpaired) electrons. The van der Waals surface area contributed by atoms with E-state index < -0.39 is 0 Å². The van der Waals surface area contributed by atoms with Crippen LogP contribution in [0.3, 0.4) is 0 Å². The van der Waals surface area contributed by atoms with Crippen molar-refractivity contribution in [3.05, 3.63) is 56.6 Å². The Morgan fingerprint density at radius 2 is 2.11 bits per heavy atom. The molecule has 0 aliphatic heterocycles. The Labute approximate surface area is 107 Å². The highest BCUT2D eigenvalue weighted by molar-refractivity contribution is 7.09. The van der Waals surface area contributed by atoms with Gasteiger partial charge in [0, 0.05) is 18.0 Å². The predicted molar refractivity (Wildman–Crippen MR) is 71.2 cm³/mol. The Bertz CT molecular complexity index is 756. The third-order valence-electron chi connectivity index (χ3n) is 2.79. The Hall–Kier alpha value is -2.14. The van der Waals surface area contributed by atoms with Crippen LogP contribution in [0.5, 0.6) is 5.88 Å². The Morgan fingerprint density at radius 3 is 2.89 bits per heavy atom. The summed E-state index contributed by atoms with van der Waals surface area (Å²) in [6.07, 6.45) is 2.27. The van der Waals surface area contributed by atoms with Crippen molar-refractivity contribution in [2.75, 3.05) is 0 Å². The summed E-state index contributed by atoms with van der Waals surface area (Å²) in [5, 5.41) is 10.6. The third-order valence-corrected chi connectivity index (χ3v) is 3.66. The first-order valence-electron chi connectivity index (χ1n) is 5.47. The standard InChI is InChI=1S/C13H10N2O2S/c16-12-11(18-13(17)15-12)7-8-5-6-14-10-4-2-1-3-9(8)10/h1-6,16H,7H2,(H,15,17). The summed E-state index contributed by atoms with van der Waals surface area (Å²) in [4.78, 5) is 18.2. The van der Waals surface area contributed by atoms with E-state index in [1.165, 1.54) is 0 Å². The number of thiazole rings is 1. The smallest absolute Gasteiger partial charge is 0.307 e. The normalized spacial score (nSPS) is 10.9. The fraction of sp³-hybridized carbons (Fsp3) is 0.0769. The van der Waals surface area contributed by atoms with Crippen molar-refractivity contribution in [2.45, 2.75) is 6.42 Å². The van der Waals surface area contributed by atoms with E-state index in [4.69, 9.17) is 0 Å². The molecule has 0 amide bonds. The minimum absolute atomic E-state index is 0.0362. The third kappa shape index (κ3) is 1.89. The lowest BCUT2D eigenvalue weighted by Crippen LogP contribution is -1.89. The Balaban J connectivity index is 2.10. The van der Waals surface area contributed by atoms with Crippen molar-refractivity contribution < 1.29 is 5.11 Å². The summed E-state index contributed by atoms with van der Waals surface area (Å²) in [7, 11) is 0. The van der Waals surface area contributed by atoms with Crippen molar-refractivity contribution in [1.82, 2.24) is 9.97 Å². The number of aromatic amines is 1. The minimum atomic E-state index is -0.235. The lowest BCUT2D eigenvalue weighted by atomic mass is 10.1. The molecule has 3 aromatic rings. The van der Waals surface area contributed by atoms with E-state index in [0.29, 0.717) is 11.3 Å². The molecule has 2 aromatic heterocycles. The van der Waals surface area contributed by atoms with Crippen LogP contribution in [-0.4, -0.2) is 15.1 Å². The van der Waals surface area contributed by atoms with Crippen LogP contribution in [0.25, 0.3) is 10.9 Å². The zero-order chi connectivity index (χ0) is 12.5. The highest BCUT2D eigenvalue weighted by Crippen LogP contribution is 2.24. The van der Waals surface area contributed by atoms with Crippen LogP contribution in [0, 0.1) is 0 Å². The van der Waals surface area contributed by atoms with Gasteiger partial charge in [-0.25, -0.2) is 0 Å². The van der Waals surface area contributed by atoms with E-state index in [2.05, 4.69) is 9.97 Å². The van der Waals surface area contributed by atoms with Crippen LogP contribution < -0.4 is 4.87 Å². The van der Waals surface area contributed by atoms with Crippen LogP contribution in [0.1, 0.15) is 10.4 Å². The molecule has 0 aliphatic rings. The van der Waals surface area contributed by atoms with Gasteiger partial charge in [0.05, 0.1) is 10.4 Å². The number of H-pyrrole nitrogens is 1. The van der Waals surface area contributed by atoms with E-state index in [-0.39, 0.29) is 10.8 Å². The van der Waals surface area contributed by atoms with E-state index in [9.17, 15) is 9.90 Å². The largest absolute Gasteiger partial charge is 0.494 e. The molecule has 0 saturated heterocycles. The van der Waals surface area contributed by atoms with E-state index in [1.54, 1.807) is 6.20 Å². The van der Waals surface area contributed by atoms with E-state index in [0.717, 1.165) is 27.8 Å². The number of nitrogens with one attached hydrogen (secondary N) is 1. The van der Waals surface area contributed by atoms with Crippen LogP contribution in [0.2, 0.25) is 0 Å². The fourth-order valence-corrected chi connectivity index (χ4v) is 2.70. The van der Waals surface area contributed by atoms with Crippen molar-refractivity contribution in [3.63, 3.8) is 0 Å². The van der Waals surface area contributed by atoms with Crippen LogP contribution >= 0.6 is 11.3 Å². The van der Waals surface area contributed by atoms with Crippen LogP contribution in [-0.2, 0) is 6.42 Å². The molecule has 0 aliphatic carbocycles. The Morgan fingerprint density at radius 1 is 1.28 bits per heavy atom. The molecule has 0 bridgehead atoms. The summed E-state index contributed by atoms with van der Waals surface area (Å²) in [5.41, 5.74) is 1.96. The van der Waals surface area contributed by atoms with Crippen molar-refractivity contribution in [1.29, 1.82) is 0 Å². The maximum atomic E-state index is 11.2. The SMILES string of the molecule is O=c1[nH]c(O)c(Cc2ccnc3ccccc23)s1. The van der Waals surface area contributed by atoms with Gasteiger partial charge in [-0.2, -0.15) is 0 Å². The quantitative estimate of drug-likeness (QED) is 0.741. The van der Waals surface area contributed by atoms with Gasteiger partial charge in [0.15, 0.2) is 0 Å². The van der Waals surface area contributed by atoms with Gasteiger partial charge in [0.25, 0.3) is 0 Å². The van der Waals surface area contributed by atoms with Crippen LogP contribution in [0.4, 0.5) is 0 Å². The molecule has 4 nitrogen and oxygen atoms in total. The molecule has 0 saturated carbocycles. The highest BCUT2D eigenvalue weighted by atomic mass is 32.1. The van der Waals surface area contributed by atoms with Gasteiger partial charge in [0.2, 0.25) is 5.88 Å². The topological polar surface area (TPSA) is 66.0 Å². The molecule has 2 N–H and O–H groups in total. The number of hydrogen-bond acceptors (Lipinski definition) is 4. The number of para-hydroxylation sites is 1. The number of pyridine rings is 1.